The Bertz CT molecular complexity index is 109. The molecule has 2 heteroatoms. The van der Waals surface area contributed by atoms with Crippen LogP contribution in [0.5, 0.6) is 0 Å². The van der Waals surface area contributed by atoms with Gasteiger partial charge in [-0.1, -0.05) is 34.1 Å². The maximum Gasteiger partial charge on any atom is 0.00923 e. The zero-order chi connectivity index (χ0) is 12.3. The Hall–Kier alpha value is -0.0800. The summed E-state index contributed by atoms with van der Waals surface area (Å²) < 4.78 is 0. The Morgan fingerprint density at radius 2 is 1.60 bits per heavy atom. The lowest BCUT2D eigenvalue weighted by molar-refractivity contribution is 0.145. The van der Waals surface area contributed by atoms with Gasteiger partial charge in [0.15, 0.2) is 0 Å². The van der Waals surface area contributed by atoms with Gasteiger partial charge in [-0.25, -0.2) is 0 Å². The van der Waals surface area contributed by atoms with E-state index >= 15 is 0 Å². The second-order valence-electron chi connectivity index (χ2n) is 4.42. The van der Waals surface area contributed by atoms with Crippen LogP contribution in [0.3, 0.4) is 0 Å². The predicted octanol–water partition coefficient (Wildman–Crippen LogP) is 2.99. The van der Waals surface area contributed by atoms with Crippen molar-refractivity contribution in [2.24, 2.45) is 5.92 Å². The van der Waals surface area contributed by atoms with E-state index in [0.717, 1.165) is 12.0 Å². The summed E-state index contributed by atoms with van der Waals surface area (Å²) in [4.78, 5) is 2.51. The van der Waals surface area contributed by atoms with Crippen LogP contribution < -0.4 is 5.32 Å². The van der Waals surface area contributed by atoms with E-state index in [0.29, 0.717) is 0 Å². The van der Waals surface area contributed by atoms with E-state index < -0.39 is 0 Å². The molecule has 0 atom stereocenters. The Labute approximate surface area is 97.4 Å². The van der Waals surface area contributed by atoms with Crippen LogP contribution in [0.25, 0.3) is 0 Å². The summed E-state index contributed by atoms with van der Waals surface area (Å²) in [7, 11) is 6.00. The Balaban J connectivity index is 0. The summed E-state index contributed by atoms with van der Waals surface area (Å²) in [6, 6.07) is 0.919. The van der Waals surface area contributed by atoms with Crippen molar-refractivity contribution in [2.75, 3.05) is 27.7 Å². The van der Waals surface area contributed by atoms with Gasteiger partial charge in [0.1, 0.15) is 0 Å². The Morgan fingerprint density at radius 1 is 1.20 bits per heavy atom. The van der Waals surface area contributed by atoms with E-state index in [2.05, 4.69) is 31.1 Å². The zero-order valence-corrected chi connectivity index (χ0v) is 11.9. The largest absolute Gasteiger partial charge is 0.323 e. The van der Waals surface area contributed by atoms with Gasteiger partial charge in [-0.05, 0) is 39.9 Å². The predicted molar refractivity (Wildman–Crippen MR) is 71.4 cm³/mol. The fourth-order valence-electron chi connectivity index (χ4n) is 1.55. The van der Waals surface area contributed by atoms with Crippen LogP contribution in [0, 0.1) is 5.92 Å². The van der Waals surface area contributed by atoms with E-state index in [4.69, 9.17) is 0 Å². The third-order valence-corrected chi connectivity index (χ3v) is 2.35. The molecule has 94 valence electrons. The topological polar surface area (TPSA) is 15.3 Å². The molecule has 0 saturated heterocycles. The first-order valence-corrected chi connectivity index (χ1v) is 6.40. The average molecular weight is 216 g/mol. The molecule has 1 rings (SSSR count). The molecule has 1 aliphatic rings. The number of hydrogen-bond donors (Lipinski definition) is 1. The first-order valence-electron chi connectivity index (χ1n) is 6.40. The van der Waals surface area contributed by atoms with Gasteiger partial charge < -0.3 is 10.2 Å². The minimum atomic E-state index is 0.825. The molecule has 2 nitrogen and oxygen atoms in total. The minimum Gasteiger partial charge on any atom is -0.323 e. The minimum absolute atomic E-state index is 0.825. The van der Waals surface area contributed by atoms with E-state index in [-0.39, 0.29) is 0 Å². The lowest BCUT2D eigenvalue weighted by atomic mass is 9.91. The molecule has 0 amide bonds. The standard InChI is InChI=1S/C9H19N.C2H7N.C2H6/c1-8(2)7-10(3)9-5-4-6-9;1-3-2;1-2/h8-9H,4-7H2,1-3H3;3H,1-2H3;1-2H3. The van der Waals surface area contributed by atoms with Crippen molar-refractivity contribution in [3.63, 3.8) is 0 Å². The van der Waals surface area contributed by atoms with Gasteiger partial charge in [-0.3, -0.25) is 0 Å². The summed E-state index contributed by atoms with van der Waals surface area (Å²) >= 11 is 0. The molecular formula is C13H32N2. The summed E-state index contributed by atoms with van der Waals surface area (Å²) in [6.45, 7) is 9.84. The number of hydrogen-bond acceptors (Lipinski definition) is 2. The second-order valence-corrected chi connectivity index (χ2v) is 4.42. The number of rotatable bonds is 3. The van der Waals surface area contributed by atoms with E-state index in [1.165, 1.54) is 25.8 Å². The first-order chi connectivity index (χ1) is 7.11. The highest BCUT2D eigenvalue weighted by Crippen LogP contribution is 2.23. The zero-order valence-electron chi connectivity index (χ0n) is 11.9. The van der Waals surface area contributed by atoms with Crippen molar-refractivity contribution in [3.8, 4) is 0 Å². The van der Waals surface area contributed by atoms with Crippen LogP contribution in [-0.2, 0) is 0 Å². The molecule has 0 aromatic rings. The molecular weight excluding hydrogens is 184 g/mol. The summed E-state index contributed by atoms with van der Waals surface area (Å²) in [5.74, 6) is 0.825. The summed E-state index contributed by atoms with van der Waals surface area (Å²) in [6.07, 6.45) is 4.32. The van der Waals surface area contributed by atoms with Crippen LogP contribution in [-0.4, -0.2) is 38.6 Å². The van der Waals surface area contributed by atoms with Crippen molar-refractivity contribution < 1.29 is 0 Å². The van der Waals surface area contributed by atoms with Crippen LogP contribution in [0.2, 0.25) is 0 Å². The maximum absolute atomic E-state index is 2.75. The second kappa shape index (κ2) is 12.0. The van der Waals surface area contributed by atoms with Gasteiger partial charge in [-0.15, -0.1) is 0 Å². The molecule has 0 spiro atoms. The molecule has 1 N–H and O–H groups in total. The third kappa shape index (κ3) is 10.2. The molecule has 15 heavy (non-hydrogen) atoms. The quantitative estimate of drug-likeness (QED) is 0.780. The summed E-state index contributed by atoms with van der Waals surface area (Å²) in [5, 5.41) is 2.75. The molecule has 1 fully saturated rings. The van der Waals surface area contributed by atoms with Gasteiger partial charge in [0.05, 0.1) is 0 Å². The maximum atomic E-state index is 2.75. The smallest absolute Gasteiger partial charge is 0.00923 e. The van der Waals surface area contributed by atoms with Gasteiger partial charge in [0.25, 0.3) is 0 Å². The first kappa shape index (κ1) is 17.3. The normalized spacial score (nSPS) is 15.0. The Morgan fingerprint density at radius 3 is 1.80 bits per heavy atom. The fraction of sp³-hybridized carbons (Fsp3) is 1.00. The lowest BCUT2D eigenvalue weighted by Crippen LogP contribution is -2.39. The molecule has 1 aliphatic carbocycles. The molecule has 0 unspecified atom stereocenters. The highest BCUT2D eigenvalue weighted by atomic mass is 15.1. The average Bonchev–Trinajstić information content (AvgIpc) is 2.04. The molecule has 0 aliphatic heterocycles. The van der Waals surface area contributed by atoms with Crippen molar-refractivity contribution in [2.45, 2.75) is 53.0 Å². The van der Waals surface area contributed by atoms with Crippen LogP contribution in [0.15, 0.2) is 0 Å². The van der Waals surface area contributed by atoms with Crippen molar-refractivity contribution in [3.05, 3.63) is 0 Å². The fourth-order valence-corrected chi connectivity index (χ4v) is 1.55. The lowest BCUT2D eigenvalue weighted by Gasteiger charge is -2.35. The van der Waals surface area contributed by atoms with Crippen molar-refractivity contribution in [1.29, 1.82) is 0 Å². The van der Waals surface area contributed by atoms with Crippen LogP contribution >= 0.6 is 0 Å². The van der Waals surface area contributed by atoms with E-state index in [1.54, 1.807) is 0 Å². The monoisotopic (exact) mass is 216 g/mol. The van der Waals surface area contributed by atoms with E-state index in [9.17, 15) is 0 Å². The number of nitrogens with one attached hydrogen (secondary N) is 1. The van der Waals surface area contributed by atoms with Crippen LogP contribution in [0.4, 0.5) is 0 Å². The SMILES string of the molecule is CC.CC(C)CN(C)C1CCC1.CNC. The molecule has 0 aromatic carbocycles. The summed E-state index contributed by atoms with van der Waals surface area (Å²) in [5.41, 5.74) is 0. The highest BCUT2D eigenvalue weighted by molar-refractivity contribution is 4.77. The van der Waals surface area contributed by atoms with Gasteiger partial charge in [-0.2, -0.15) is 0 Å². The molecule has 0 aromatic heterocycles. The van der Waals surface area contributed by atoms with Gasteiger partial charge in [0.2, 0.25) is 0 Å². The van der Waals surface area contributed by atoms with Crippen molar-refractivity contribution >= 4 is 0 Å². The van der Waals surface area contributed by atoms with Crippen molar-refractivity contribution in [1.82, 2.24) is 10.2 Å². The molecule has 0 radical (unpaired) electrons. The molecule has 1 saturated carbocycles. The van der Waals surface area contributed by atoms with Gasteiger partial charge in [0, 0.05) is 12.6 Å². The van der Waals surface area contributed by atoms with Gasteiger partial charge >= 0.3 is 0 Å². The van der Waals surface area contributed by atoms with E-state index in [1.807, 2.05) is 27.9 Å². The van der Waals surface area contributed by atoms with Crippen LogP contribution in [0.1, 0.15) is 47.0 Å². The third-order valence-electron chi connectivity index (χ3n) is 2.35. The highest BCUT2D eigenvalue weighted by Gasteiger charge is 2.21. The molecule has 0 bridgehead atoms. The molecule has 0 heterocycles. The number of nitrogens with zero attached hydrogens (tertiary/aromatic N) is 1. The Kier molecular flexibility index (Phi) is 13.8.